The lowest BCUT2D eigenvalue weighted by Gasteiger charge is -2.04. The highest BCUT2D eigenvalue weighted by molar-refractivity contribution is 14.1. The molecule has 88 valence electrons. The summed E-state index contributed by atoms with van der Waals surface area (Å²) in [4.78, 5) is 0. The highest BCUT2D eigenvalue weighted by Gasteiger charge is 2.50. The van der Waals surface area contributed by atoms with E-state index in [-0.39, 0.29) is 6.10 Å². The molecule has 1 aliphatic rings. The van der Waals surface area contributed by atoms with Crippen LogP contribution in [0.3, 0.4) is 0 Å². The Morgan fingerprint density at radius 2 is 2.06 bits per heavy atom. The molecule has 0 amide bonds. The zero-order valence-corrected chi connectivity index (χ0v) is 11.5. The first kappa shape index (κ1) is 12.3. The van der Waals surface area contributed by atoms with Gasteiger partial charge in [-0.2, -0.15) is 0 Å². The Labute approximate surface area is 110 Å². The second-order valence-corrected chi connectivity index (χ2v) is 5.87. The third-order valence-corrected chi connectivity index (χ3v) is 4.86. The first-order chi connectivity index (χ1) is 7.70. The highest BCUT2D eigenvalue weighted by atomic mass is 127. The predicted octanol–water partition coefficient (Wildman–Crippen LogP) is 2.63. The summed E-state index contributed by atoms with van der Waals surface area (Å²) in [6.07, 6.45) is -0.202. The topological polar surface area (TPSA) is 29.5 Å². The Morgan fingerprint density at radius 3 is 2.62 bits per heavy atom. The summed E-state index contributed by atoms with van der Waals surface area (Å²) in [6.45, 7) is 3.30. The molecule has 2 rings (SSSR count). The van der Waals surface area contributed by atoms with Gasteiger partial charge in [-0.3, -0.25) is 0 Å². The molecule has 1 aromatic carbocycles. The molecule has 1 N–H and O–H groups in total. The van der Waals surface area contributed by atoms with E-state index in [0.717, 1.165) is 6.61 Å². The van der Waals surface area contributed by atoms with Gasteiger partial charge in [0.05, 0.1) is 19.3 Å². The number of hydrogen-bond acceptors (Lipinski definition) is 2. The molecular formula is C13H17IO2. The van der Waals surface area contributed by atoms with Gasteiger partial charge in [-0.15, -0.1) is 0 Å². The van der Waals surface area contributed by atoms with Gasteiger partial charge in [0.25, 0.3) is 0 Å². The summed E-state index contributed by atoms with van der Waals surface area (Å²) in [5, 5.41) is 9.49. The van der Waals surface area contributed by atoms with Crippen molar-refractivity contribution >= 4 is 22.6 Å². The van der Waals surface area contributed by atoms with Crippen LogP contribution in [-0.4, -0.2) is 21.7 Å². The standard InChI is InChI=1S/C13H17IO2/c1-9(15)12-11(13(12)14)8-16-7-10-5-3-2-4-6-10/h2-6,9,11-13,15H,7-8H2,1H3/t9-,11-,12-,13+/m0/s1. The maximum Gasteiger partial charge on any atom is 0.0717 e. The van der Waals surface area contributed by atoms with E-state index < -0.39 is 0 Å². The maximum absolute atomic E-state index is 9.49. The Hall–Kier alpha value is -0.130. The number of aliphatic hydroxyl groups is 1. The monoisotopic (exact) mass is 332 g/mol. The minimum atomic E-state index is -0.202. The van der Waals surface area contributed by atoms with E-state index in [2.05, 4.69) is 34.7 Å². The van der Waals surface area contributed by atoms with Crippen LogP contribution in [0.4, 0.5) is 0 Å². The van der Waals surface area contributed by atoms with Gasteiger partial charge in [-0.1, -0.05) is 52.9 Å². The zero-order chi connectivity index (χ0) is 11.5. The van der Waals surface area contributed by atoms with E-state index in [0.29, 0.717) is 22.4 Å². The number of ether oxygens (including phenoxy) is 1. The lowest BCUT2D eigenvalue weighted by Crippen LogP contribution is -2.07. The number of aliphatic hydroxyl groups excluding tert-OH is 1. The Balaban J connectivity index is 1.70. The molecule has 2 nitrogen and oxygen atoms in total. The van der Waals surface area contributed by atoms with Crippen molar-refractivity contribution in [2.45, 2.75) is 23.6 Å². The van der Waals surface area contributed by atoms with E-state index >= 15 is 0 Å². The summed E-state index contributed by atoms with van der Waals surface area (Å²) in [6, 6.07) is 10.2. The van der Waals surface area contributed by atoms with Crippen LogP contribution < -0.4 is 0 Å². The van der Waals surface area contributed by atoms with Crippen LogP contribution in [0.1, 0.15) is 12.5 Å². The molecular weight excluding hydrogens is 315 g/mol. The molecule has 16 heavy (non-hydrogen) atoms. The van der Waals surface area contributed by atoms with Crippen molar-refractivity contribution in [2.24, 2.45) is 11.8 Å². The third-order valence-electron chi connectivity index (χ3n) is 3.11. The summed E-state index contributed by atoms with van der Waals surface area (Å²) in [5.41, 5.74) is 1.21. The molecule has 1 aromatic rings. The quantitative estimate of drug-likeness (QED) is 0.664. The van der Waals surface area contributed by atoms with E-state index in [1.54, 1.807) is 0 Å². The van der Waals surface area contributed by atoms with Crippen LogP contribution in [0, 0.1) is 11.8 Å². The van der Waals surface area contributed by atoms with Crippen molar-refractivity contribution in [1.82, 2.24) is 0 Å². The van der Waals surface area contributed by atoms with Gasteiger partial charge < -0.3 is 9.84 Å². The number of halogens is 1. The van der Waals surface area contributed by atoms with Crippen LogP contribution in [0.5, 0.6) is 0 Å². The molecule has 0 unspecified atom stereocenters. The number of rotatable bonds is 5. The Morgan fingerprint density at radius 1 is 1.38 bits per heavy atom. The lowest BCUT2D eigenvalue weighted by molar-refractivity contribution is 0.0944. The van der Waals surface area contributed by atoms with Crippen LogP contribution >= 0.6 is 22.6 Å². The van der Waals surface area contributed by atoms with Crippen molar-refractivity contribution in [3.05, 3.63) is 35.9 Å². The minimum Gasteiger partial charge on any atom is -0.393 e. The molecule has 0 radical (unpaired) electrons. The van der Waals surface area contributed by atoms with Gasteiger partial charge in [-0.05, 0) is 12.5 Å². The van der Waals surface area contributed by atoms with E-state index in [4.69, 9.17) is 4.74 Å². The number of hydrogen-bond donors (Lipinski definition) is 1. The van der Waals surface area contributed by atoms with Crippen molar-refractivity contribution < 1.29 is 9.84 Å². The molecule has 4 atom stereocenters. The SMILES string of the molecule is C[C@H](O)[C@@H]1[C@H](I)[C@H]1COCc1ccccc1. The number of alkyl halides is 1. The second-order valence-electron chi connectivity index (χ2n) is 4.43. The second kappa shape index (κ2) is 5.47. The molecule has 0 heterocycles. The molecule has 0 aliphatic heterocycles. The lowest BCUT2D eigenvalue weighted by atomic mass is 10.2. The van der Waals surface area contributed by atoms with Gasteiger partial charge in [0.2, 0.25) is 0 Å². The average molecular weight is 332 g/mol. The van der Waals surface area contributed by atoms with E-state index in [9.17, 15) is 5.11 Å². The summed E-state index contributed by atoms with van der Waals surface area (Å²) in [7, 11) is 0. The van der Waals surface area contributed by atoms with Gasteiger partial charge in [-0.25, -0.2) is 0 Å². The predicted molar refractivity (Wildman–Crippen MR) is 72.6 cm³/mol. The minimum absolute atomic E-state index is 0.202. The molecule has 0 aromatic heterocycles. The molecule has 1 fully saturated rings. The number of benzene rings is 1. The molecule has 0 spiro atoms. The zero-order valence-electron chi connectivity index (χ0n) is 9.34. The van der Waals surface area contributed by atoms with Crippen molar-refractivity contribution in [1.29, 1.82) is 0 Å². The highest BCUT2D eigenvalue weighted by Crippen LogP contribution is 2.48. The molecule has 0 saturated heterocycles. The first-order valence-electron chi connectivity index (χ1n) is 5.64. The average Bonchev–Trinajstić information content (AvgIpc) is 2.91. The van der Waals surface area contributed by atoms with E-state index in [1.165, 1.54) is 5.56 Å². The maximum atomic E-state index is 9.49. The third kappa shape index (κ3) is 2.96. The summed E-state index contributed by atoms with van der Waals surface area (Å²) in [5.74, 6) is 0.959. The van der Waals surface area contributed by atoms with Gasteiger partial charge in [0.1, 0.15) is 0 Å². The normalized spacial score (nSPS) is 30.1. The van der Waals surface area contributed by atoms with Crippen molar-refractivity contribution in [3.8, 4) is 0 Å². The Kier molecular flexibility index (Phi) is 4.21. The molecule has 1 saturated carbocycles. The molecule has 0 bridgehead atoms. The molecule has 1 aliphatic carbocycles. The van der Waals surface area contributed by atoms with Crippen LogP contribution in [0.15, 0.2) is 30.3 Å². The fourth-order valence-electron chi connectivity index (χ4n) is 2.07. The van der Waals surface area contributed by atoms with E-state index in [1.807, 2.05) is 25.1 Å². The summed E-state index contributed by atoms with van der Waals surface area (Å²) >= 11 is 2.41. The fraction of sp³-hybridized carbons (Fsp3) is 0.538. The first-order valence-corrected chi connectivity index (χ1v) is 6.88. The smallest absolute Gasteiger partial charge is 0.0717 e. The molecule has 3 heteroatoms. The van der Waals surface area contributed by atoms with Crippen molar-refractivity contribution in [3.63, 3.8) is 0 Å². The largest absolute Gasteiger partial charge is 0.393 e. The fourth-order valence-corrected chi connectivity index (χ4v) is 3.65. The summed E-state index contributed by atoms with van der Waals surface area (Å²) < 4.78 is 6.26. The van der Waals surface area contributed by atoms with Gasteiger partial charge in [0, 0.05) is 15.8 Å². The van der Waals surface area contributed by atoms with Crippen LogP contribution in [0.25, 0.3) is 0 Å². The Bertz CT molecular complexity index is 326. The van der Waals surface area contributed by atoms with Crippen LogP contribution in [0.2, 0.25) is 0 Å². The van der Waals surface area contributed by atoms with Crippen LogP contribution in [-0.2, 0) is 11.3 Å². The van der Waals surface area contributed by atoms with Gasteiger partial charge in [0.15, 0.2) is 0 Å². The van der Waals surface area contributed by atoms with Gasteiger partial charge >= 0.3 is 0 Å². The van der Waals surface area contributed by atoms with Crippen molar-refractivity contribution in [2.75, 3.05) is 6.61 Å².